The molecule has 0 spiro atoms. The number of carbonyl (C=O) groups excluding carboxylic acids is 1. The van der Waals surface area contributed by atoms with Crippen LogP contribution in [0.5, 0.6) is 0 Å². The lowest BCUT2D eigenvalue weighted by Gasteiger charge is -2.22. The highest BCUT2D eigenvalue weighted by atomic mass is 32.1. The molecule has 100 valence electrons. The maximum Gasteiger partial charge on any atom is 0.232 e. The first-order chi connectivity index (χ1) is 8.45. The Labute approximate surface area is 113 Å². The van der Waals surface area contributed by atoms with Gasteiger partial charge < -0.3 is 15.1 Å². The minimum atomic E-state index is -0.369. The second-order valence-electron chi connectivity index (χ2n) is 4.45. The van der Waals surface area contributed by atoms with Crippen molar-refractivity contribution in [2.45, 2.75) is 33.2 Å². The zero-order chi connectivity index (χ0) is 13.7. The quantitative estimate of drug-likeness (QED) is 0.804. The molecule has 0 radical (unpaired) electrons. The van der Waals surface area contributed by atoms with Crippen LogP contribution in [0.3, 0.4) is 0 Å². The standard InChI is InChI=1S/C13H20N2O2S/c1-4-5-11(12(14)18)13(16)15(3)8-10-7-6-9(2)17-10/h6-7,11H,4-5,8H2,1-3H3,(H2,14,18). The topological polar surface area (TPSA) is 59.5 Å². The maximum absolute atomic E-state index is 12.2. The van der Waals surface area contributed by atoms with Crippen molar-refractivity contribution in [2.24, 2.45) is 11.7 Å². The lowest BCUT2D eigenvalue weighted by atomic mass is 10.0. The molecule has 0 saturated carbocycles. The van der Waals surface area contributed by atoms with E-state index in [-0.39, 0.29) is 16.8 Å². The number of carbonyl (C=O) groups is 1. The average Bonchev–Trinajstić information content (AvgIpc) is 2.70. The van der Waals surface area contributed by atoms with E-state index in [2.05, 4.69) is 0 Å². The first kappa shape index (κ1) is 14.7. The van der Waals surface area contributed by atoms with E-state index in [0.29, 0.717) is 13.0 Å². The van der Waals surface area contributed by atoms with E-state index < -0.39 is 0 Å². The number of aryl methyl sites for hydroxylation is 1. The molecule has 1 amide bonds. The van der Waals surface area contributed by atoms with Gasteiger partial charge in [-0.2, -0.15) is 0 Å². The Morgan fingerprint density at radius 3 is 2.67 bits per heavy atom. The Bertz CT molecular complexity index is 428. The van der Waals surface area contributed by atoms with Gasteiger partial charge in [-0.05, 0) is 25.5 Å². The van der Waals surface area contributed by atoms with Gasteiger partial charge in [0.1, 0.15) is 11.5 Å². The molecule has 0 aromatic carbocycles. The molecule has 1 atom stereocenters. The lowest BCUT2D eigenvalue weighted by molar-refractivity contribution is -0.132. The Morgan fingerprint density at radius 1 is 1.56 bits per heavy atom. The number of nitrogens with two attached hydrogens (primary N) is 1. The van der Waals surface area contributed by atoms with Gasteiger partial charge >= 0.3 is 0 Å². The summed E-state index contributed by atoms with van der Waals surface area (Å²) in [6.45, 7) is 4.32. The van der Waals surface area contributed by atoms with Crippen LogP contribution in [0.15, 0.2) is 16.5 Å². The third-order valence-electron chi connectivity index (χ3n) is 2.78. The van der Waals surface area contributed by atoms with E-state index in [1.54, 1.807) is 11.9 Å². The van der Waals surface area contributed by atoms with Crippen LogP contribution in [-0.4, -0.2) is 22.8 Å². The number of nitrogens with zero attached hydrogens (tertiary/aromatic N) is 1. The van der Waals surface area contributed by atoms with Gasteiger partial charge in [0, 0.05) is 7.05 Å². The molecule has 4 nitrogen and oxygen atoms in total. The van der Waals surface area contributed by atoms with Gasteiger partial charge in [-0.15, -0.1) is 0 Å². The number of furan rings is 1. The molecule has 0 saturated heterocycles. The van der Waals surface area contributed by atoms with Gasteiger partial charge in [0.05, 0.1) is 17.5 Å². The average molecular weight is 268 g/mol. The Balaban J connectivity index is 2.67. The fraction of sp³-hybridized carbons (Fsp3) is 0.538. The monoisotopic (exact) mass is 268 g/mol. The second-order valence-corrected chi connectivity index (χ2v) is 4.92. The van der Waals surface area contributed by atoms with Crippen LogP contribution in [0, 0.1) is 12.8 Å². The van der Waals surface area contributed by atoms with Gasteiger partial charge in [0.15, 0.2) is 0 Å². The summed E-state index contributed by atoms with van der Waals surface area (Å²) in [5, 5.41) is 0. The zero-order valence-electron chi connectivity index (χ0n) is 11.1. The molecule has 0 fully saturated rings. The Kier molecular flexibility index (Phi) is 5.34. The molecular weight excluding hydrogens is 248 g/mol. The molecule has 18 heavy (non-hydrogen) atoms. The minimum absolute atomic E-state index is 0.0431. The summed E-state index contributed by atoms with van der Waals surface area (Å²) in [6.07, 6.45) is 1.57. The van der Waals surface area contributed by atoms with E-state index in [4.69, 9.17) is 22.4 Å². The van der Waals surface area contributed by atoms with Crippen molar-refractivity contribution in [1.82, 2.24) is 4.90 Å². The first-order valence-corrected chi connectivity index (χ1v) is 6.46. The summed E-state index contributed by atoms with van der Waals surface area (Å²) in [7, 11) is 1.74. The fourth-order valence-corrected chi connectivity index (χ4v) is 2.04. The van der Waals surface area contributed by atoms with Crippen LogP contribution in [0.25, 0.3) is 0 Å². The third-order valence-corrected chi connectivity index (χ3v) is 3.07. The van der Waals surface area contributed by atoms with Crippen LogP contribution in [0.1, 0.15) is 31.3 Å². The Morgan fingerprint density at radius 2 is 2.22 bits per heavy atom. The van der Waals surface area contributed by atoms with Crippen molar-refractivity contribution >= 4 is 23.1 Å². The summed E-state index contributed by atoms with van der Waals surface area (Å²) < 4.78 is 5.45. The Hall–Kier alpha value is -1.36. The minimum Gasteiger partial charge on any atom is -0.464 e. The van der Waals surface area contributed by atoms with Crippen molar-refractivity contribution in [3.63, 3.8) is 0 Å². The largest absolute Gasteiger partial charge is 0.464 e. The highest BCUT2D eigenvalue weighted by Gasteiger charge is 2.24. The summed E-state index contributed by atoms with van der Waals surface area (Å²) >= 11 is 4.95. The molecule has 1 aromatic rings. The van der Waals surface area contributed by atoms with Crippen molar-refractivity contribution in [3.05, 3.63) is 23.7 Å². The van der Waals surface area contributed by atoms with E-state index in [1.165, 1.54) is 0 Å². The summed E-state index contributed by atoms with van der Waals surface area (Å²) in [6, 6.07) is 3.75. The van der Waals surface area contributed by atoms with Crippen molar-refractivity contribution in [1.29, 1.82) is 0 Å². The maximum atomic E-state index is 12.2. The highest BCUT2D eigenvalue weighted by Crippen LogP contribution is 2.14. The van der Waals surface area contributed by atoms with Crippen LogP contribution < -0.4 is 5.73 Å². The van der Waals surface area contributed by atoms with Crippen LogP contribution in [-0.2, 0) is 11.3 Å². The summed E-state index contributed by atoms with van der Waals surface area (Å²) in [4.78, 5) is 14.1. The number of hydrogen-bond acceptors (Lipinski definition) is 3. The molecule has 1 unspecified atom stereocenters. The smallest absolute Gasteiger partial charge is 0.232 e. The second kappa shape index (κ2) is 6.54. The zero-order valence-corrected chi connectivity index (χ0v) is 11.9. The molecule has 1 rings (SSSR count). The van der Waals surface area contributed by atoms with E-state index >= 15 is 0 Å². The molecule has 0 bridgehead atoms. The van der Waals surface area contributed by atoms with Crippen molar-refractivity contribution in [3.8, 4) is 0 Å². The summed E-state index contributed by atoms with van der Waals surface area (Å²) in [5.41, 5.74) is 5.62. The van der Waals surface area contributed by atoms with Crippen LogP contribution in [0.2, 0.25) is 0 Å². The van der Waals surface area contributed by atoms with Gasteiger partial charge in [0.25, 0.3) is 0 Å². The van der Waals surface area contributed by atoms with Crippen molar-refractivity contribution < 1.29 is 9.21 Å². The number of thiocarbonyl (C=S) groups is 1. The predicted octanol–water partition coefficient (Wildman–Crippen LogP) is 2.25. The van der Waals surface area contributed by atoms with Crippen molar-refractivity contribution in [2.75, 3.05) is 7.05 Å². The number of rotatable bonds is 6. The molecule has 0 aliphatic heterocycles. The van der Waals surface area contributed by atoms with E-state index in [0.717, 1.165) is 17.9 Å². The SMILES string of the molecule is CCCC(C(=O)N(C)Cc1ccc(C)o1)C(N)=S. The molecular formula is C13H20N2O2S. The molecule has 5 heteroatoms. The predicted molar refractivity (Wildman–Crippen MR) is 75.1 cm³/mol. The van der Waals surface area contributed by atoms with Crippen LogP contribution in [0.4, 0.5) is 0 Å². The van der Waals surface area contributed by atoms with Crippen LogP contribution >= 0.6 is 12.2 Å². The molecule has 0 aliphatic carbocycles. The fourth-order valence-electron chi connectivity index (χ4n) is 1.82. The molecule has 0 aliphatic rings. The highest BCUT2D eigenvalue weighted by molar-refractivity contribution is 7.80. The molecule has 1 heterocycles. The first-order valence-electron chi connectivity index (χ1n) is 6.05. The lowest BCUT2D eigenvalue weighted by Crippen LogP contribution is -2.38. The molecule has 1 aromatic heterocycles. The van der Waals surface area contributed by atoms with Gasteiger partial charge in [0.2, 0.25) is 5.91 Å². The van der Waals surface area contributed by atoms with Gasteiger partial charge in [-0.1, -0.05) is 25.6 Å². The van der Waals surface area contributed by atoms with E-state index in [9.17, 15) is 4.79 Å². The normalized spacial score (nSPS) is 12.2. The number of amides is 1. The summed E-state index contributed by atoms with van der Waals surface area (Å²) in [5.74, 6) is 1.19. The molecule has 2 N–H and O–H groups in total. The third kappa shape index (κ3) is 3.84. The van der Waals surface area contributed by atoms with Gasteiger partial charge in [-0.25, -0.2) is 0 Å². The van der Waals surface area contributed by atoms with Gasteiger partial charge in [-0.3, -0.25) is 4.79 Å². The number of hydrogen-bond donors (Lipinski definition) is 1. The van der Waals surface area contributed by atoms with E-state index in [1.807, 2.05) is 26.0 Å².